The molecule has 4 heterocycles. The van der Waals surface area contributed by atoms with Crippen LogP contribution in [-0.2, 0) is 4.74 Å². The molecule has 0 aliphatic rings. The molecule has 0 bridgehead atoms. The highest BCUT2D eigenvalue weighted by atomic mass is 79.9. The number of nitrogens with zero attached hydrogens (tertiary/aromatic N) is 4. The minimum Gasteiger partial charge on any atom is -0.479 e. The summed E-state index contributed by atoms with van der Waals surface area (Å²) in [5, 5.41) is 11.4. The largest absolute Gasteiger partial charge is 0.479 e. The van der Waals surface area contributed by atoms with Crippen LogP contribution in [0.5, 0.6) is 5.88 Å². The minimum atomic E-state index is -0.479. The normalized spacial score (nSPS) is 11.1. The second-order valence-electron chi connectivity index (χ2n) is 5.46. The molecule has 0 atom stereocenters. The molecule has 0 spiro atoms. The number of hydrogen-bond acceptors (Lipinski definition) is 8. The highest BCUT2D eigenvalue weighted by molar-refractivity contribution is 9.10. The van der Waals surface area contributed by atoms with Crippen LogP contribution in [0.2, 0.25) is 0 Å². The maximum atomic E-state index is 12.1. The molecular weight excluding hydrogens is 418 g/mol. The van der Waals surface area contributed by atoms with Gasteiger partial charge in [-0.2, -0.15) is 10.1 Å². The number of methoxy groups -OCH3 is 1. The fourth-order valence-electron chi connectivity index (χ4n) is 2.66. The summed E-state index contributed by atoms with van der Waals surface area (Å²) in [6, 6.07) is 1.84. The summed E-state index contributed by atoms with van der Waals surface area (Å²) >= 11 is 3.44. The monoisotopic (exact) mass is 431 g/mol. The SMILES string of the molecule is CCOC(=O)c1[nH]c2ncnc(Nc3cc4cn[nH]c4nc3OC)c2c1Br. The number of aromatic amines is 2. The summed E-state index contributed by atoms with van der Waals surface area (Å²) in [4.78, 5) is 27.9. The number of rotatable bonds is 5. The van der Waals surface area contributed by atoms with Crippen LogP contribution >= 0.6 is 15.9 Å². The van der Waals surface area contributed by atoms with Gasteiger partial charge in [0, 0.05) is 5.39 Å². The molecule has 4 rings (SSSR count). The molecule has 0 saturated carbocycles. The van der Waals surface area contributed by atoms with E-state index in [1.807, 2.05) is 6.07 Å². The number of carbonyl (C=O) groups is 1. The summed E-state index contributed by atoms with van der Waals surface area (Å²) in [6.45, 7) is 2.01. The number of ether oxygens (including phenoxy) is 2. The van der Waals surface area contributed by atoms with Crippen molar-refractivity contribution in [2.75, 3.05) is 19.0 Å². The summed E-state index contributed by atoms with van der Waals surface area (Å²) < 4.78 is 10.9. The number of nitrogens with one attached hydrogen (secondary N) is 3. The highest BCUT2D eigenvalue weighted by Gasteiger charge is 2.21. The zero-order valence-electron chi connectivity index (χ0n) is 14.3. The van der Waals surface area contributed by atoms with Crippen LogP contribution in [0, 0.1) is 0 Å². The molecule has 0 amide bonds. The van der Waals surface area contributed by atoms with Gasteiger partial charge >= 0.3 is 5.97 Å². The molecular formula is C16H14BrN7O3. The molecule has 27 heavy (non-hydrogen) atoms. The predicted molar refractivity (Wildman–Crippen MR) is 101 cm³/mol. The quantitative estimate of drug-likeness (QED) is 0.411. The van der Waals surface area contributed by atoms with Crippen LogP contribution < -0.4 is 10.1 Å². The summed E-state index contributed by atoms with van der Waals surface area (Å²) in [5.74, 6) is 0.366. The van der Waals surface area contributed by atoms with Gasteiger partial charge in [0.25, 0.3) is 0 Å². The van der Waals surface area contributed by atoms with E-state index in [0.717, 1.165) is 5.39 Å². The van der Waals surface area contributed by atoms with Gasteiger partial charge in [0.05, 0.1) is 29.8 Å². The summed E-state index contributed by atoms with van der Waals surface area (Å²) in [5.41, 5.74) is 1.96. The summed E-state index contributed by atoms with van der Waals surface area (Å²) in [6.07, 6.45) is 3.05. The number of H-pyrrole nitrogens is 2. The van der Waals surface area contributed by atoms with Crippen LogP contribution in [0.15, 0.2) is 23.1 Å². The lowest BCUT2D eigenvalue weighted by molar-refractivity contribution is 0.0519. The first kappa shape index (κ1) is 17.2. The molecule has 0 radical (unpaired) electrons. The molecule has 0 fully saturated rings. The number of hydrogen-bond donors (Lipinski definition) is 3. The van der Waals surface area contributed by atoms with Gasteiger partial charge < -0.3 is 19.8 Å². The van der Waals surface area contributed by atoms with Crippen molar-refractivity contribution in [1.82, 2.24) is 30.1 Å². The van der Waals surface area contributed by atoms with Gasteiger partial charge in [-0.05, 0) is 28.9 Å². The third-order valence-electron chi connectivity index (χ3n) is 3.85. The Morgan fingerprint density at radius 1 is 1.33 bits per heavy atom. The van der Waals surface area contributed by atoms with E-state index in [1.54, 1.807) is 13.1 Å². The van der Waals surface area contributed by atoms with Gasteiger partial charge in [-0.1, -0.05) is 0 Å². The third kappa shape index (κ3) is 2.95. The molecule has 0 aliphatic heterocycles. The molecule has 3 N–H and O–H groups in total. The number of anilines is 2. The molecule has 138 valence electrons. The van der Waals surface area contributed by atoms with Crippen LogP contribution in [0.4, 0.5) is 11.5 Å². The fraction of sp³-hybridized carbons (Fsp3) is 0.188. The third-order valence-corrected chi connectivity index (χ3v) is 4.64. The van der Waals surface area contributed by atoms with Gasteiger partial charge in [0.2, 0.25) is 5.88 Å². The Bertz CT molecular complexity index is 1150. The van der Waals surface area contributed by atoms with E-state index in [1.165, 1.54) is 13.4 Å². The zero-order valence-corrected chi connectivity index (χ0v) is 15.9. The lowest BCUT2D eigenvalue weighted by Crippen LogP contribution is -2.05. The maximum Gasteiger partial charge on any atom is 0.355 e. The van der Waals surface area contributed by atoms with Crippen molar-refractivity contribution in [2.24, 2.45) is 0 Å². The fourth-order valence-corrected chi connectivity index (χ4v) is 3.30. The number of esters is 1. The number of aromatic nitrogens is 6. The molecule has 4 aromatic rings. The predicted octanol–water partition coefficient (Wildman–Crippen LogP) is 2.92. The highest BCUT2D eigenvalue weighted by Crippen LogP contribution is 2.35. The van der Waals surface area contributed by atoms with Gasteiger partial charge in [-0.15, -0.1) is 0 Å². The first-order valence-corrected chi connectivity index (χ1v) is 8.76. The van der Waals surface area contributed by atoms with Gasteiger partial charge in [-0.3, -0.25) is 5.10 Å². The second kappa shape index (κ2) is 6.83. The lowest BCUT2D eigenvalue weighted by atomic mass is 10.3. The van der Waals surface area contributed by atoms with Crippen molar-refractivity contribution in [1.29, 1.82) is 0 Å². The zero-order chi connectivity index (χ0) is 19.0. The maximum absolute atomic E-state index is 12.1. The first-order chi connectivity index (χ1) is 13.1. The second-order valence-corrected chi connectivity index (χ2v) is 6.25. The van der Waals surface area contributed by atoms with Gasteiger partial charge in [0.15, 0.2) is 5.65 Å². The van der Waals surface area contributed by atoms with E-state index in [2.05, 4.69) is 51.4 Å². The molecule has 0 aromatic carbocycles. The van der Waals surface area contributed by atoms with Crippen LogP contribution in [0.25, 0.3) is 22.1 Å². The Morgan fingerprint density at radius 2 is 2.19 bits per heavy atom. The van der Waals surface area contributed by atoms with E-state index in [9.17, 15) is 4.79 Å². The molecule has 0 unspecified atom stereocenters. The Labute approximate surface area is 160 Å². The van der Waals surface area contributed by atoms with Crippen molar-refractivity contribution >= 4 is 55.5 Å². The number of fused-ring (bicyclic) bond motifs is 2. The van der Waals surface area contributed by atoms with Crippen molar-refractivity contribution in [3.8, 4) is 5.88 Å². The molecule has 0 saturated heterocycles. The van der Waals surface area contributed by atoms with Gasteiger partial charge in [0.1, 0.15) is 29.2 Å². The molecule has 11 heteroatoms. The standard InChI is InChI=1S/C16H14BrN7O3/c1-3-27-16(25)11-10(17)9-13(18-6-19-14(9)22-11)21-8-4-7-5-20-24-12(7)23-15(8)26-2/h4-6H,3H2,1-2H3,(H,20,23,24)(H2,18,19,21,22). The van der Waals surface area contributed by atoms with Crippen LogP contribution in [0.3, 0.4) is 0 Å². The first-order valence-electron chi connectivity index (χ1n) is 7.96. The Balaban J connectivity index is 1.81. The molecule has 4 aromatic heterocycles. The van der Waals surface area contributed by atoms with Crippen molar-refractivity contribution in [2.45, 2.75) is 6.92 Å². The Morgan fingerprint density at radius 3 is 2.96 bits per heavy atom. The van der Waals surface area contributed by atoms with E-state index >= 15 is 0 Å². The van der Waals surface area contributed by atoms with Crippen LogP contribution in [-0.4, -0.2) is 49.8 Å². The molecule has 10 nitrogen and oxygen atoms in total. The molecule has 0 aliphatic carbocycles. The lowest BCUT2D eigenvalue weighted by Gasteiger charge is -2.10. The van der Waals surface area contributed by atoms with Gasteiger partial charge in [-0.25, -0.2) is 14.8 Å². The number of carbonyl (C=O) groups excluding carboxylic acids is 1. The van der Waals surface area contributed by atoms with Crippen LogP contribution in [0.1, 0.15) is 17.4 Å². The van der Waals surface area contributed by atoms with Crippen molar-refractivity contribution in [3.63, 3.8) is 0 Å². The average Bonchev–Trinajstić information content (AvgIpc) is 3.25. The topological polar surface area (TPSA) is 131 Å². The van der Waals surface area contributed by atoms with E-state index in [0.29, 0.717) is 38.5 Å². The van der Waals surface area contributed by atoms with E-state index in [4.69, 9.17) is 9.47 Å². The number of pyridine rings is 1. The number of halogens is 1. The summed E-state index contributed by atoms with van der Waals surface area (Å²) in [7, 11) is 1.52. The van der Waals surface area contributed by atoms with Crippen molar-refractivity contribution in [3.05, 3.63) is 28.8 Å². The average molecular weight is 432 g/mol. The van der Waals surface area contributed by atoms with E-state index in [-0.39, 0.29) is 12.3 Å². The Hall–Kier alpha value is -3.21. The Kier molecular flexibility index (Phi) is 4.36. The van der Waals surface area contributed by atoms with Crippen molar-refractivity contribution < 1.29 is 14.3 Å². The smallest absolute Gasteiger partial charge is 0.355 e. The van der Waals surface area contributed by atoms with E-state index < -0.39 is 5.97 Å². The minimum absolute atomic E-state index is 0.269.